The topological polar surface area (TPSA) is 105 Å². The van der Waals surface area contributed by atoms with Gasteiger partial charge in [-0.1, -0.05) is 26.7 Å². The summed E-state index contributed by atoms with van der Waals surface area (Å²) in [6, 6.07) is -0.375. The van der Waals surface area contributed by atoms with Crippen LogP contribution < -0.4 is 16.4 Å². The average molecular weight is 324 g/mol. The minimum Gasteiger partial charge on any atom is -0.354 e. The molecule has 1 spiro atoms. The van der Waals surface area contributed by atoms with E-state index >= 15 is 0 Å². The van der Waals surface area contributed by atoms with E-state index < -0.39 is 11.1 Å². The molecular weight excluding hydrogens is 296 g/mol. The Kier molecular flexibility index (Phi) is 5.29. The summed E-state index contributed by atoms with van der Waals surface area (Å²) in [6.07, 6.45) is 4.96. The van der Waals surface area contributed by atoms with Crippen LogP contribution in [0.2, 0.25) is 0 Å². The SMILES string of the molecule is CCC(N)(CC)CNC(=O)CCN1C(=O)NC2(CCCC2)C1=O. The lowest BCUT2D eigenvalue weighted by Crippen LogP contribution is -2.49. The number of nitrogens with two attached hydrogens (primary N) is 1. The molecule has 1 heterocycles. The lowest BCUT2D eigenvalue weighted by Gasteiger charge is -2.27. The molecular formula is C16H28N4O3. The van der Waals surface area contributed by atoms with Crippen molar-refractivity contribution in [1.82, 2.24) is 15.5 Å². The van der Waals surface area contributed by atoms with Gasteiger partial charge in [-0.25, -0.2) is 4.79 Å². The maximum atomic E-state index is 12.5. The number of amides is 4. The zero-order chi connectivity index (χ0) is 17.1. The molecule has 2 rings (SSSR count). The smallest absolute Gasteiger partial charge is 0.325 e. The highest BCUT2D eigenvalue weighted by atomic mass is 16.2. The van der Waals surface area contributed by atoms with Gasteiger partial charge < -0.3 is 16.4 Å². The van der Waals surface area contributed by atoms with Gasteiger partial charge in [-0.15, -0.1) is 0 Å². The fraction of sp³-hybridized carbons (Fsp3) is 0.812. The normalized spacial score (nSPS) is 20.2. The van der Waals surface area contributed by atoms with Crippen molar-refractivity contribution in [2.45, 2.75) is 69.9 Å². The van der Waals surface area contributed by atoms with Crippen LogP contribution in [0.5, 0.6) is 0 Å². The lowest BCUT2D eigenvalue weighted by atomic mass is 9.94. The second-order valence-electron chi connectivity index (χ2n) is 6.77. The third-order valence-corrected chi connectivity index (χ3v) is 5.31. The van der Waals surface area contributed by atoms with E-state index in [2.05, 4.69) is 10.6 Å². The number of imide groups is 1. The Labute approximate surface area is 137 Å². The summed E-state index contributed by atoms with van der Waals surface area (Å²) in [6.45, 7) is 4.50. The molecule has 0 atom stereocenters. The van der Waals surface area contributed by atoms with Crippen molar-refractivity contribution in [3.05, 3.63) is 0 Å². The summed E-state index contributed by atoms with van der Waals surface area (Å²) in [4.78, 5) is 37.6. The molecule has 23 heavy (non-hydrogen) atoms. The van der Waals surface area contributed by atoms with Crippen molar-refractivity contribution in [3.8, 4) is 0 Å². The maximum absolute atomic E-state index is 12.5. The van der Waals surface area contributed by atoms with Gasteiger partial charge in [0.05, 0.1) is 0 Å². The van der Waals surface area contributed by atoms with Crippen molar-refractivity contribution < 1.29 is 14.4 Å². The number of nitrogens with one attached hydrogen (secondary N) is 2. The Morgan fingerprint density at radius 3 is 2.48 bits per heavy atom. The zero-order valence-electron chi connectivity index (χ0n) is 14.1. The molecule has 0 bridgehead atoms. The molecule has 1 aliphatic carbocycles. The first-order chi connectivity index (χ1) is 10.9. The van der Waals surface area contributed by atoms with Gasteiger partial charge in [-0.3, -0.25) is 14.5 Å². The van der Waals surface area contributed by atoms with E-state index in [-0.39, 0.29) is 30.8 Å². The zero-order valence-corrected chi connectivity index (χ0v) is 14.1. The summed E-state index contributed by atoms with van der Waals surface area (Å²) >= 11 is 0. The van der Waals surface area contributed by atoms with Gasteiger partial charge >= 0.3 is 6.03 Å². The number of hydrogen-bond acceptors (Lipinski definition) is 4. The van der Waals surface area contributed by atoms with Crippen LogP contribution in [0.1, 0.15) is 58.8 Å². The van der Waals surface area contributed by atoms with Gasteiger partial charge in [0.25, 0.3) is 5.91 Å². The van der Waals surface area contributed by atoms with Gasteiger partial charge in [0.1, 0.15) is 5.54 Å². The quantitative estimate of drug-likeness (QED) is 0.604. The van der Waals surface area contributed by atoms with E-state index in [1.165, 1.54) is 4.90 Å². The highest BCUT2D eigenvalue weighted by Crippen LogP contribution is 2.34. The Morgan fingerprint density at radius 2 is 1.91 bits per heavy atom. The van der Waals surface area contributed by atoms with Crippen LogP contribution in [-0.4, -0.2) is 46.9 Å². The molecule has 2 aliphatic rings. The van der Waals surface area contributed by atoms with Crippen molar-refractivity contribution in [2.75, 3.05) is 13.1 Å². The summed E-state index contributed by atoms with van der Waals surface area (Å²) in [5, 5.41) is 5.62. The monoisotopic (exact) mass is 324 g/mol. The van der Waals surface area contributed by atoms with Gasteiger partial charge in [-0.2, -0.15) is 0 Å². The molecule has 0 aromatic carbocycles. The number of urea groups is 1. The van der Waals surface area contributed by atoms with Crippen LogP contribution >= 0.6 is 0 Å². The van der Waals surface area contributed by atoms with E-state index in [4.69, 9.17) is 5.73 Å². The van der Waals surface area contributed by atoms with Crippen molar-refractivity contribution in [2.24, 2.45) is 5.73 Å². The first kappa shape index (κ1) is 17.7. The van der Waals surface area contributed by atoms with E-state index in [0.29, 0.717) is 19.4 Å². The summed E-state index contributed by atoms with van der Waals surface area (Å²) in [5.74, 6) is -0.363. The summed E-state index contributed by atoms with van der Waals surface area (Å²) in [5.41, 5.74) is 5.04. The molecule has 7 nitrogen and oxygen atoms in total. The molecule has 1 saturated carbocycles. The van der Waals surface area contributed by atoms with Crippen LogP contribution in [0.15, 0.2) is 0 Å². The van der Waals surface area contributed by atoms with E-state index in [1.54, 1.807) is 0 Å². The Balaban J connectivity index is 1.82. The molecule has 7 heteroatoms. The summed E-state index contributed by atoms with van der Waals surface area (Å²) in [7, 11) is 0. The molecule has 4 amide bonds. The third kappa shape index (κ3) is 3.65. The Morgan fingerprint density at radius 1 is 1.30 bits per heavy atom. The van der Waals surface area contributed by atoms with Crippen LogP contribution in [-0.2, 0) is 9.59 Å². The van der Waals surface area contributed by atoms with Crippen LogP contribution in [0.4, 0.5) is 4.79 Å². The van der Waals surface area contributed by atoms with Crippen LogP contribution in [0, 0.1) is 0 Å². The van der Waals surface area contributed by atoms with Gasteiger partial charge in [0.15, 0.2) is 0 Å². The van der Waals surface area contributed by atoms with Crippen molar-refractivity contribution in [1.29, 1.82) is 0 Å². The number of hydrogen-bond donors (Lipinski definition) is 3. The first-order valence-electron chi connectivity index (χ1n) is 8.55. The number of rotatable bonds is 7. The third-order valence-electron chi connectivity index (χ3n) is 5.31. The van der Waals surface area contributed by atoms with E-state index in [0.717, 1.165) is 25.7 Å². The second-order valence-corrected chi connectivity index (χ2v) is 6.77. The number of nitrogens with zero attached hydrogens (tertiary/aromatic N) is 1. The molecule has 1 saturated heterocycles. The van der Waals surface area contributed by atoms with Crippen LogP contribution in [0.3, 0.4) is 0 Å². The molecule has 0 aromatic rings. The van der Waals surface area contributed by atoms with Crippen LogP contribution in [0.25, 0.3) is 0 Å². The Hall–Kier alpha value is -1.63. The standard InChI is InChI=1S/C16H28N4O3/c1-3-15(17,4-2)11-18-12(21)7-10-20-13(22)16(19-14(20)23)8-5-6-9-16/h3-11,17H2,1-2H3,(H,18,21)(H,19,23). The number of carbonyl (C=O) groups excluding carboxylic acids is 3. The highest BCUT2D eigenvalue weighted by Gasteiger charge is 2.52. The van der Waals surface area contributed by atoms with Crippen molar-refractivity contribution >= 4 is 17.8 Å². The molecule has 130 valence electrons. The predicted molar refractivity (Wildman–Crippen MR) is 86.6 cm³/mol. The van der Waals surface area contributed by atoms with Gasteiger partial charge in [0, 0.05) is 25.0 Å². The average Bonchev–Trinajstić information content (AvgIpc) is 3.10. The molecule has 1 aliphatic heterocycles. The van der Waals surface area contributed by atoms with E-state index in [9.17, 15) is 14.4 Å². The fourth-order valence-electron chi connectivity index (χ4n) is 3.27. The first-order valence-corrected chi connectivity index (χ1v) is 8.55. The number of carbonyl (C=O) groups is 3. The molecule has 0 aromatic heterocycles. The Bertz CT molecular complexity index is 482. The van der Waals surface area contributed by atoms with Gasteiger partial charge in [0.2, 0.25) is 5.91 Å². The largest absolute Gasteiger partial charge is 0.354 e. The maximum Gasteiger partial charge on any atom is 0.325 e. The summed E-state index contributed by atoms with van der Waals surface area (Å²) < 4.78 is 0. The van der Waals surface area contributed by atoms with Gasteiger partial charge in [-0.05, 0) is 25.7 Å². The molecule has 2 fully saturated rings. The molecule has 0 unspecified atom stereocenters. The predicted octanol–water partition coefficient (Wildman–Crippen LogP) is 0.875. The minimum absolute atomic E-state index is 0.110. The minimum atomic E-state index is -0.704. The molecule has 4 N–H and O–H groups in total. The fourth-order valence-corrected chi connectivity index (χ4v) is 3.27. The lowest BCUT2D eigenvalue weighted by molar-refractivity contribution is -0.131. The highest BCUT2D eigenvalue weighted by molar-refractivity contribution is 6.07. The second kappa shape index (κ2) is 6.86. The molecule has 0 radical (unpaired) electrons. The van der Waals surface area contributed by atoms with E-state index in [1.807, 2.05) is 13.8 Å². The van der Waals surface area contributed by atoms with Crippen molar-refractivity contribution in [3.63, 3.8) is 0 Å².